The van der Waals surface area contributed by atoms with E-state index in [1.807, 2.05) is 0 Å². The maximum atomic E-state index is 12.4. The number of aromatic hydroxyl groups is 1. The second-order valence-electron chi connectivity index (χ2n) is 4.46. The van der Waals surface area contributed by atoms with Crippen molar-refractivity contribution in [3.63, 3.8) is 0 Å². The zero-order valence-corrected chi connectivity index (χ0v) is 11.8. The number of phenolic OH excluding ortho intramolecular Hbond substituents is 1. The second-order valence-corrected chi connectivity index (χ2v) is 6.51. The van der Waals surface area contributed by atoms with Crippen LogP contribution in [0.25, 0.3) is 0 Å². The van der Waals surface area contributed by atoms with Gasteiger partial charge in [0.15, 0.2) is 0 Å². The Hall–Kier alpha value is -2.05. The van der Waals surface area contributed by atoms with Gasteiger partial charge in [0.05, 0.1) is 4.90 Å². The van der Waals surface area contributed by atoms with Crippen molar-refractivity contribution in [1.29, 1.82) is 0 Å². The lowest BCUT2D eigenvalue weighted by atomic mass is 10.2. The Morgan fingerprint density at radius 3 is 2.50 bits per heavy atom. The fraction of sp³-hybridized carbons (Fsp3) is 0.143. The molecule has 0 fully saturated rings. The zero-order valence-electron chi connectivity index (χ0n) is 11.0. The SMILES string of the molecule is CN(Cc1ccccc1O)S(=O)(=O)c1cccc(N)c1. The average molecular weight is 292 g/mol. The number of nitrogen functional groups attached to an aromatic ring is 1. The summed E-state index contributed by atoms with van der Waals surface area (Å²) < 4.78 is 26.0. The molecular weight excluding hydrogens is 276 g/mol. The van der Waals surface area contributed by atoms with Gasteiger partial charge in [0.2, 0.25) is 10.0 Å². The number of hydrogen-bond donors (Lipinski definition) is 2. The lowest BCUT2D eigenvalue weighted by molar-refractivity contribution is 0.436. The van der Waals surface area contributed by atoms with Crippen LogP contribution >= 0.6 is 0 Å². The van der Waals surface area contributed by atoms with Gasteiger partial charge in [-0.15, -0.1) is 0 Å². The minimum absolute atomic E-state index is 0.0714. The molecule has 3 N–H and O–H groups in total. The molecule has 0 aliphatic rings. The molecule has 0 aromatic heterocycles. The number of para-hydroxylation sites is 1. The highest BCUT2D eigenvalue weighted by atomic mass is 32.2. The van der Waals surface area contributed by atoms with Gasteiger partial charge in [-0.1, -0.05) is 24.3 Å². The van der Waals surface area contributed by atoms with E-state index in [-0.39, 0.29) is 17.2 Å². The molecular formula is C14H16N2O3S. The van der Waals surface area contributed by atoms with Crippen LogP contribution < -0.4 is 5.73 Å². The van der Waals surface area contributed by atoms with Crippen LogP contribution in [-0.4, -0.2) is 24.9 Å². The molecule has 6 heteroatoms. The molecule has 2 aromatic rings. The van der Waals surface area contributed by atoms with Gasteiger partial charge in [-0.25, -0.2) is 8.42 Å². The van der Waals surface area contributed by atoms with Crippen LogP contribution in [0.1, 0.15) is 5.56 Å². The number of anilines is 1. The number of nitrogens with two attached hydrogens (primary N) is 1. The van der Waals surface area contributed by atoms with Gasteiger partial charge >= 0.3 is 0 Å². The predicted molar refractivity (Wildman–Crippen MR) is 77.6 cm³/mol. The Morgan fingerprint density at radius 1 is 1.15 bits per heavy atom. The van der Waals surface area contributed by atoms with Crippen molar-refractivity contribution in [1.82, 2.24) is 4.31 Å². The Morgan fingerprint density at radius 2 is 1.85 bits per heavy atom. The molecule has 0 radical (unpaired) electrons. The molecule has 0 aliphatic carbocycles. The summed E-state index contributed by atoms with van der Waals surface area (Å²) in [6.07, 6.45) is 0. The average Bonchev–Trinajstić information content (AvgIpc) is 2.41. The quantitative estimate of drug-likeness (QED) is 0.842. The summed E-state index contributed by atoms with van der Waals surface area (Å²) in [7, 11) is -2.17. The van der Waals surface area contributed by atoms with E-state index in [4.69, 9.17) is 5.73 Å². The number of phenols is 1. The Balaban J connectivity index is 2.29. The van der Waals surface area contributed by atoms with Gasteiger partial charge in [0.25, 0.3) is 0 Å². The summed E-state index contributed by atoms with van der Waals surface area (Å²) in [5, 5.41) is 9.70. The largest absolute Gasteiger partial charge is 0.508 e. The Kier molecular flexibility index (Phi) is 3.96. The summed E-state index contributed by atoms with van der Waals surface area (Å²) in [5.41, 5.74) is 6.54. The van der Waals surface area contributed by atoms with Crippen molar-refractivity contribution >= 4 is 15.7 Å². The van der Waals surface area contributed by atoms with Crippen LogP contribution in [0.3, 0.4) is 0 Å². The molecule has 106 valence electrons. The lowest BCUT2D eigenvalue weighted by Gasteiger charge is -2.18. The normalized spacial score (nSPS) is 11.7. The van der Waals surface area contributed by atoms with Crippen molar-refractivity contribution in [3.8, 4) is 5.75 Å². The predicted octanol–water partition coefficient (Wildman–Crippen LogP) is 1.80. The number of rotatable bonds is 4. The monoisotopic (exact) mass is 292 g/mol. The second kappa shape index (κ2) is 5.52. The van der Waals surface area contributed by atoms with E-state index in [2.05, 4.69) is 0 Å². The number of benzene rings is 2. The highest BCUT2D eigenvalue weighted by molar-refractivity contribution is 7.89. The molecule has 0 atom stereocenters. The highest BCUT2D eigenvalue weighted by Gasteiger charge is 2.21. The molecule has 0 saturated carbocycles. The Bertz CT molecular complexity index is 714. The molecule has 0 amide bonds. The molecule has 0 spiro atoms. The Labute approximate surface area is 118 Å². The zero-order chi connectivity index (χ0) is 14.8. The fourth-order valence-electron chi connectivity index (χ4n) is 1.82. The van der Waals surface area contributed by atoms with Gasteiger partial charge < -0.3 is 10.8 Å². The summed E-state index contributed by atoms with van der Waals surface area (Å²) >= 11 is 0. The fourth-order valence-corrected chi connectivity index (χ4v) is 3.03. The first-order valence-electron chi connectivity index (χ1n) is 6.00. The van der Waals surface area contributed by atoms with Gasteiger partial charge in [-0.05, 0) is 24.3 Å². The number of nitrogens with zero attached hydrogens (tertiary/aromatic N) is 1. The minimum Gasteiger partial charge on any atom is -0.508 e. The first-order valence-corrected chi connectivity index (χ1v) is 7.44. The van der Waals surface area contributed by atoms with Crippen LogP contribution in [0, 0.1) is 0 Å². The molecule has 0 aliphatic heterocycles. The van der Waals surface area contributed by atoms with Crippen molar-refractivity contribution in [2.75, 3.05) is 12.8 Å². The van der Waals surface area contributed by atoms with Crippen LogP contribution in [0.2, 0.25) is 0 Å². The maximum Gasteiger partial charge on any atom is 0.243 e. The first kappa shape index (κ1) is 14.4. The smallest absolute Gasteiger partial charge is 0.243 e. The molecule has 0 unspecified atom stereocenters. The third-order valence-corrected chi connectivity index (χ3v) is 4.75. The summed E-state index contributed by atoms with van der Waals surface area (Å²) in [4.78, 5) is 0.135. The maximum absolute atomic E-state index is 12.4. The summed E-state index contributed by atoms with van der Waals surface area (Å²) in [5.74, 6) is 0.0714. The third kappa shape index (κ3) is 2.92. The van der Waals surface area contributed by atoms with Crippen LogP contribution in [0.4, 0.5) is 5.69 Å². The van der Waals surface area contributed by atoms with Gasteiger partial charge in [0.1, 0.15) is 5.75 Å². The van der Waals surface area contributed by atoms with Crippen molar-refractivity contribution < 1.29 is 13.5 Å². The van der Waals surface area contributed by atoms with Crippen LogP contribution in [-0.2, 0) is 16.6 Å². The molecule has 5 nitrogen and oxygen atoms in total. The molecule has 2 rings (SSSR count). The van der Waals surface area contributed by atoms with Gasteiger partial charge in [0, 0.05) is 24.8 Å². The first-order chi connectivity index (χ1) is 9.41. The number of sulfonamides is 1. The van der Waals surface area contributed by atoms with Gasteiger partial charge in [-0.3, -0.25) is 0 Å². The van der Waals surface area contributed by atoms with Crippen LogP contribution in [0.15, 0.2) is 53.4 Å². The van der Waals surface area contributed by atoms with E-state index in [1.54, 1.807) is 30.3 Å². The minimum atomic E-state index is -3.63. The van der Waals surface area contributed by atoms with E-state index < -0.39 is 10.0 Å². The molecule has 0 heterocycles. The third-order valence-electron chi connectivity index (χ3n) is 2.95. The molecule has 0 bridgehead atoms. The van der Waals surface area contributed by atoms with Crippen molar-refractivity contribution in [2.45, 2.75) is 11.4 Å². The van der Waals surface area contributed by atoms with Crippen molar-refractivity contribution in [3.05, 3.63) is 54.1 Å². The summed E-state index contributed by atoms with van der Waals surface area (Å²) in [6.45, 7) is 0.0871. The highest BCUT2D eigenvalue weighted by Crippen LogP contribution is 2.22. The van der Waals surface area contributed by atoms with E-state index >= 15 is 0 Å². The topological polar surface area (TPSA) is 83.6 Å². The number of hydrogen-bond acceptors (Lipinski definition) is 4. The standard InChI is InChI=1S/C14H16N2O3S/c1-16(10-11-5-2-3-8-14(11)17)20(18,19)13-7-4-6-12(15)9-13/h2-9,17H,10,15H2,1H3. The lowest BCUT2D eigenvalue weighted by Crippen LogP contribution is -2.26. The van der Waals surface area contributed by atoms with E-state index in [0.29, 0.717) is 11.3 Å². The van der Waals surface area contributed by atoms with Gasteiger partial charge in [-0.2, -0.15) is 4.31 Å². The molecule has 2 aromatic carbocycles. The van der Waals surface area contributed by atoms with Crippen molar-refractivity contribution in [2.24, 2.45) is 0 Å². The van der Waals surface area contributed by atoms with Crippen LogP contribution in [0.5, 0.6) is 5.75 Å². The summed E-state index contributed by atoms with van der Waals surface area (Å²) in [6, 6.07) is 12.8. The van der Waals surface area contributed by atoms with E-state index in [0.717, 1.165) is 0 Å². The van der Waals surface area contributed by atoms with E-state index in [1.165, 1.54) is 29.6 Å². The molecule has 0 saturated heterocycles. The van der Waals surface area contributed by atoms with E-state index in [9.17, 15) is 13.5 Å². The molecule has 20 heavy (non-hydrogen) atoms.